The normalized spacial score (nSPS) is 17.3. The molecule has 108 valence electrons. The average Bonchev–Trinajstić information content (AvgIpc) is 2.50. The highest BCUT2D eigenvalue weighted by Crippen LogP contribution is 2.31. The molecule has 3 heteroatoms. The van der Waals surface area contributed by atoms with E-state index in [0.29, 0.717) is 23.6 Å². The van der Waals surface area contributed by atoms with Gasteiger partial charge in [-0.15, -0.1) is 0 Å². The molecule has 3 rings (SSSR count). The van der Waals surface area contributed by atoms with Crippen molar-refractivity contribution < 1.29 is 9.53 Å². The van der Waals surface area contributed by atoms with Crippen molar-refractivity contribution in [1.82, 2.24) is 0 Å². The first-order chi connectivity index (χ1) is 10.1. The predicted molar refractivity (Wildman–Crippen MR) is 84.0 cm³/mol. The molecule has 2 nitrogen and oxygen atoms in total. The quantitative estimate of drug-likeness (QED) is 0.778. The monoisotopic (exact) mass is 300 g/mol. The molecule has 0 saturated heterocycles. The van der Waals surface area contributed by atoms with Crippen molar-refractivity contribution in [2.45, 2.75) is 25.9 Å². The second-order valence-electron chi connectivity index (χ2n) is 5.39. The van der Waals surface area contributed by atoms with Gasteiger partial charge in [-0.2, -0.15) is 0 Å². The third-order valence-electron chi connectivity index (χ3n) is 3.96. The number of fused-ring (bicyclic) bond motifs is 1. The van der Waals surface area contributed by atoms with Gasteiger partial charge in [0.05, 0.1) is 12.7 Å². The SMILES string of the molecule is Cc1ccc(Cl)cc1C(=O)CC1OCCc2ccccc21. The number of rotatable bonds is 3. The molecular weight excluding hydrogens is 284 g/mol. The fourth-order valence-corrected chi connectivity index (χ4v) is 2.99. The fraction of sp³-hybridized carbons (Fsp3) is 0.278. The second kappa shape index (κ2) is 6.00. The molecule has 0 spiro atoms. The van der Waals surface area contributed by atoms with Crippen LogP contribution in [0.2, 0.25) is 5.02 Å². The van der Waals surface area contributed by atoms with E-state index in [0.717, 1.165) is 17.5 Å². The summed E-state index contributed by atoms with van der Waals surface area (Å²) >= 11 is 6.00. The molecule has 1 unspecified atom stereocenters. The van der Waals surface area contributed by atoms with Crippen molar-refractivity contribution in [3.8, 4) is 0 Å². The molecule has 21 heavy (non-hydrogen) atoms. The molecule has 0 N–H and O–H groups in total. The van der Waals surface area contributed by atoms with Gasteiger partial charge < -0.3 is 4.74 Å². The van der Waals surface area contributed by atoms with E-state index in [1.165, 1.54) is 5.56 Å². The number of hydrogen-bond donors (Lipinski definition) is 0. The van der Waals surface area contributed by atoms with Gasteiger partial charge in [0.25, 0.3) is 0 Å². The molecule has 0 amide bonds. The van der Waals surface area contributed by atoms with Crippen molar-refractivity contribution in [2.75, 3.05) is 6.61 Å². The fourth-order valence-electron chi connectivity index (χ4n) is 2.82. The lowest BCUT2D eigenvalue weighted by atomic mass is 9.92. The van der Waals surface area contributed by atoms with Crippen molar-refractivity contribution in [2.24, 2.45) is 0 Å². The van der Waals surface area contributed by atoms with Crippen LogP contribution in [0.1, 0.15) is 39.6 Å². The summed E-state index contributed by atoms with van der Waals surface area (Å²) in [6.07, 6.45) is 1.12. The van der Waals surface area contributed by atoms with Crippen LogP contribution in [0.5, 0.6) is 0 Å². The van der Waals surface area contributed by atoms with Crippen molar-refractivity contribution in [1.29, 1.82) is 0 Å². The highest BCUT2D eigenvalue weighted by atomic mass is 35.5. The largest absolute Gasteiger partial charge is 0.373 e. The lowest BCUT2D eigenvalue weighted by Crippen LogP contribution is -2.19. The lowest BCUT2D eigenvalue weighted by molar-refractivity contribution is 0.0352. The maximum atomic E-state index is 12.6. The number of ketones is 1. The van der Waals surface area contributed by atoms with Crippen molar-refractivity contribution >= 4 is 17.4 Å². The second-order valence-corrected chi connectivity index (χ2v) is 5.83. The zero-order valence-corrected chi connectivity index (χ0v) is 12.7. The zero-order valence-electron chi connectivity index (χ0n) is 11.9. The van der Waals surface area contributed by atoms with Crippen molar-refractivity contribution in [3.63, 3.8) is 0 Å². The van der Waals surface area contributed by atoms with Gasteiger partial charge in [0.1, 0.15) is 0 Å². The smallest absolute Gasteiger partial charge is 0.166 e. The molecule has 0 bridgehead atoms. The lowest BCUT2D eigenvalue weighted by Gasteiger charge is -2.25. The molecule has 0 aromatic heterocycles. The number of benzene rings is 2. The van der Waals surface area contributed by atoms with Gasteiger partial charge in [-0.25, -0.2) is 0 Å². The predicted octanol–water partition coefficient (Wildman–Crippen LogP) is 4.54. The minimum absolute atomic E-state index is 0.0803. The molecule has 1 atom stereocenters. The Labute approximate surface area is 129 Å². The zero-order chi connectivity index (χ0) is 14.8. The molecule has 0 fully saturated rings. The third kappa shape index (κ3) is 3.02. The Bertz CT molecular complexity index is 679. The number of hydrogen-bond acceptors (Lipinski definition) is 2. The van der Waals surface area contributed by atoms with Crippen molar-refractivity contribution in [3.05, 3.63) is 69.7 Å². The summed E-state index contributed by atoms with van der Waals surface area (Å²) in [5.74, 6) is 0.0803. The van der Waals surface area contributed by atoms with E-state index in [9.17, 15) is 4.79 Å². The number of ether oxygens (including phenoxy) is 1. The number of carbonyl (C=O) groups is 1. The highest BCUT2D eigenvalue weighted by Gasteiger charge is 2.24. The minimum Gasteiger partial charge on any atom is -0.373 e. The van der Waals surface area contributed by atoms with Gasteiger partial charge >= 0.3 is 0 Å². The van der Waals surface area contributed by atoms with E-state index in [2.05, 4.69) is 12.1 Å². The molecule has 1 aliphatic rings. The number of Topliss-reactive ketones (excluding diaryl/α,β-unsaturated/α-hetero) is 1. The first-order valence-corrected chi connectivity index (χ1v) is 7.51. The molecule has 0 radical (unpaired) electrons. The maximum absolute atomic E-state index is 12.6. The van der Waals surface area contributed by atoms with Crippen LogP contribution in [0.4, 0.5) is 0 Å². The van der Waals surface area contributed by atoms with Crippen LogP contribution in [0.25, 0.3) is 0 Å². The summed E-state index contributed by atoms with van der Waals surface area (Å²) in [7, 11) is 0. The Morgan fingerprint density at radius 3 is 2.95 bits per heavy atom. The molecule has 0 saturated carbocycles. The number of carbonyl (C=O) groups excluding carboxylic acids is 1. The molecule has 2 aromatic rings. The Morgan fingerprint density at radius 1 is 1.29 bits per heavy atom. The van der Waals surface area contributed by atoms with Crippen LogP contribution in [0, 0.1) is 6.92 Å². The first-order valence-electron chi connectivity index (χ1n) is 7.14. The Hall–Kier alpha value is -1.64. The van der Waals surface area contributed by atoms with Gasteiger partial charge in [-0.3, -0.25) is 4.79 Å². The molecule has 1 heterocycles. The van der Waals surface area contributed by atoms with E-state index in [4.69, 9.17) is 16.3 Å². The molecule has 0 aliphatic carbocycles. The Balaban J connectivity index is 1.84. The summed E-state index contributed by atoms with van der Waals surface area (Å²) in [5.41, 5.74) is 4.06. The van der Waals surface area contributed by atoms with Crippen LogP contribution < -0.4 is 0 Å². The van der Waals surface area contributed by atoms with Crippen LogP contribution >= 0.6 is 11.6 Å². The van der Waals surface area contributed by atoms with E-state index in [-0.39, 0.29) is 11.9 Å². The maximum Gasteiger partial charge on any atom is 0.166 e. The summed E-state index contributed by atoms with van der Waals surface area (Å²) in [4.78, 5) is 12.6. The van der Waals surface area contributed by atoms with E-state index >= 15 is 0 Å². The number of aryl methyl sites for hydroxylation is 1. The Morgan fingerprint density at radius 2 is 2.10 bits per heavy atom. The average molecular weight is 301 g/mol. The van der Waals surface area contributed by atoms with Gasteiger partial charge in [0.15, 0.2) is 5.78 Å². The summed E-state index contributed by atoms with van der Waals surface area (Å²) in [6, 6.07) is 13.6. The van der Waals surface area contributed by atoms with Gasteiger partial charge in [-0.1, -0.05) is 41.9 Å². The van der Waals surface area contributed by atoms with Crippen LogP contribution in [-0.2, 0) is 11.2 Å². The minimum atomic E-state index is -0.152. The molecular formula is C18H17ClO2. The highest BCUT2D eigenvalue weighted by molar-refractivity contribution is 6.31. The van der Waals surface area contributed by atoms with Crippen LogP contribution in [-0.4, -0.2) is 12.4 Å². The van der Waals surface area contributed by atoms with Gasteiger partial charge in [0, 0.05) is 17.0 Å². The summed E-state index contributed by atoms with van der Waals surface area (Å²) in [5, 5.41) is 0.592. The summed E-state index contributed by atoms with van der Waals surface area (Å²) < 4.78 is 5.81. The van der Waals surface area contributed by atoms with E-state index < -0.39 is 0 Å². The van der Waals surface area contributed by atoms with E-state index in [1.807, 2.05) is 25.1 Å². The first kappa shape index (κ1) is 14.3. The molecule has 1 aliphatic heterocycles. The van der Waals surface area contributed by atoms with Crippen LogP contribution in [0.3, 0.4) is 0 Å². The Kier molecular flexibility index (Phi) is 4.09. The van der Waals surface area contributed by atoms with E-state index in [1.54, 1.807) is 12.1 Å². The topological polar surface area (TPSA) is 26.3 Å². The number of halogens is 1. The summed E-state index contributed by atoms with van der Waals surface area (Å²) in [6.45, 7) is 2.60. The standard InChI is InChI=1S/C18H17ClO2/c1-12-6-7-14(19)10-16(12)17(20)11-18-15-5-3-2-4-13(15)8-9-21-18/h2-7,10,18H,8-9,11H2,1H3. The van der Waals surface area contributed by atoms with Crippen LogP contribution in [0.15, 0.2) is 42.5 Å². The van der Waals surface area contributed by atoms with Gasteiger partial charge in [-0.05, 0) is 42.2 Å². The molecule has 2 aromatic carbocycles. The van der Waals surface area contributed by atoms with Gasteiger partial charge in [0.2, 0.25) is 0 Å². The third-order valence-corrected chi connectivity index (χ3v) is 4.20.